The Kier molecular flexibility index (Phi) is 5.15. The second-order valence-corrected chi connectivity index (χ2v) is 7.92. The number of thiazole rings is 1. The van der Waals surface area contributed by atoms with Crippen LogP contribution in [0.25, 0.3) is 11.3 Å². The summed E-state index contributed by atoms with van der Waals surface area (Å²) in [6, 6.07) is 13.8. The van der Waals surface area contributed by atoms with Crippen LogP contribution in [0.15, 0.2) is 53.9 Å². The zero-order valence-electron chi connectivity index (χ0n) is 15.1. The van der Waals surface area contributed by atoms with E-state index in [9.17, 15) is 13.2 Å². The summed E-state index contributed by atoms with van der Waals surface area (Å²) in [6.07, 6.45) is -4.69. The summed E-state index contributed by atoms with van der Waals surface area (Å²) < 4.78 is 40.5. The molecule has 1 N–H and O–H groups in total. The van der Waals surface area contributed by atoms with E-state index in [1.807, 2.05) is 17.5 Å². The van der Waals surface area contributed by atoms with Crippen molar-refractivity contribution in [1.29, 1.82) is 0 Å². The van der Waals surface area contributed by atoms with Crippen LogP contribution in [0.1, 0.15) is 26.3 Å². The zero-order valence-corrected chi connectivity index (χ0v) is 15.9. The lowest BCUT2D eigenvalue weighted by Gasteiger charge is -2.18. The molecule has 0 unspecified atom stereocenters. The molecular weight excluding hydrogens is 373 g/mol. The van der Waals surface area contributed by atoms with Crippen molar-refractivity contribution in [3.63, 3.8) is 0 Å². The summed E-state index contributed by atoms with van der Waals surface area (Å²) in [6.45, 7) is 6.49. The van der Waals surface area contributed by atoms with Gasteiger partial charge in [0.2, 0.25) is 0 Å². The molecule has 3 nitrogen and oxygen atoms in total. The van der Waals surface area contributed by atoms with Gasteiger partial charge >= 0.3 is 6.36 Å². The van der Waals surface area contributed by atoms with E-state index in [1.165, 1.54) is 41.2 Å². The topological polar surface area (TPSA) is 34.1 Å². The summed E-state index contributed by atoms with van der Waals surface area (Å²) in [5.74, 6) is -0.258. The second kappa shape index (κ2) is 7.23. The number of ether oxygens (including phenoxy) is 1. The molecule has 0 amide bonds. The van der Waals surface area contributed by atoms with Crippen molar-refractivity contribution in [2.45, 2.75) is 32.5 Å². The average Bonchev–Trinajstić information content (AvgIpc) is 3.03. The van der Waals surface area contributed by atoms with Crippen LogP contribution >= 0.6 is 11.3 Å². The fraction of sp³-hybridized carbons (Fsp3) is 0.250. The van der Waals surface area contributed by atoms with Crippen LogP contribution in [0.4, 0.5) is 24.0 Å². The molecule has 0 fully saturated rings. The molecule has 0 atom stereocenters. The number of anilines is 2. The van der Waals surface area contributed by atoms with E-state index in [1.54, 1.807) is 0 Å². The standard InChI is InChI=1S/C20H19F3N2OS/c1-19(2,3)14-6-4-13(5-7-14)17-12-27-18(25-17)24-15-8-10-16(11-9-15)26-20(21,22)23/h4-12H,1-3H3,(H,24,25). The second-order valence-electron chi connectivity index (χ2n) is 7.06. The maximum absolute atomic E-state index is 12.2. The SMILES string of the molecule is CC(C)(C)c1ccc(-c2csc(Nc3ccc(OC(F)(F)F)cc3)n2)cc1. The van der Waals surface area contributed by atoms with Gasteiger partial charge in [0, 0.05) is 16.6 Å². The molecule has 0 aliphatic heterocycles. The Morgan fingerprint density at radius 2 is 1.56 bits per heavy atom. The number of nitrogens with zero attached hydrogens (tertiary/aromatic N) is 1. The monoisotopic (exact) mass is 392 g/mol. The molecule has 3 rings (SSSR count). The first-order valence-electron chi connectivity index (χ1n) is 8.29. The van der Waals surface area contributed by atoms with E-state index < -0.39 is 6.36 Å². The number of nitrogens with one attached hydrogen (secondary N) is 1. The van der Waals surface area contributed by atoms with Gasteiger partial charge in [-0.3, -0.25) is 0 Å². The lowest BCUT2D eigenvalue weighted by atomic mass is 9.86. The predicted molar refractivity (Wildman–Crippen MR) is 103 cm³/mol. The van der Waals surface area contributed by atoms with Crippen molar-refractivity contribution in [3.8, 4) is 17.0 Å². The molecule has 1 aromatic heterocycles. The van der Waals surface area contributed by atoms with E-state index in [0.717, 1.165) is 11.3 Å². The summed E-state index contributed by atoms with van der Waals surface area (Å²) in [5, 5.41) is 5.69. The van der Waals surface area contributed by atoms with Crippen LogP contribution in [-0.4, -0.2) is 11.3 Å². The van der Waals surface area contributed by atoms with E-state index >= 15 is 0 Å². The van der Waals surface area contributed by atoms with Crippen LogP contribution in [0, 0.1) is 0 Å². The average molecular weight is 392 g/mol. The molecule has 0 saturated heterocycles. The minimum Gasteiger partial charge on any atom is -0.406 e. The van der Waals surface area contributed by atoms with Gasteiger partial charge in [0.05, 0.1) is 5.69 Å². The van der Waals surface area contributed by atoms with Crippen molar-refractivity contribution in [2.24, 2.45) is 0 Å². The molecule has 0 saturated carbocycles. The molecule has 0 radical (unpaired) electrons. The number of halogens is 3. The van der Waals surface area contributed by atoms with Gasteiger partial charge in [0.15, 0.2) is 5.13 Å². The Morgan fingerprint density at radius 1 is 0.926 bits per heavy atom. The fourth-order valence-electron chi connectivity index (χ4n) is 2.47. The molecular formula is C20H19F3N2OS. The first-order chi connectivity index (χ1) is 12.6. The van der Waals surface area contributed by atoms with E-state index in [0.29, 0.717) is 10.8 Å². The van der Waals surface area contributed by atoms with Gasteiger partial charge in [0.1, 0.15) is 5.75 Å². The number of rotatable bonds is 4. The van der Waals surface area contributed by atoms with Crippen molar-refractivity contribution in [1.82, 2.24) is 4.98 Å². The highest BCUT2D eigenvalue weighted by Crippen LogP contribution is 2.30. The molecule has 0 aliphatic rings. The van der Waals surface area contributed by atoms with Gasteiger partial charge in [-0.1, -0.05) is 45.0 Å². The normalized spacial score (nSPS) is 12.1. The quantitative estimate of drug-likeness (QED) is 0.533. The largest absolute Gasteiger partial charge is 0.573 e. The summed E-state index contributed by atoms with van der Waals surface area (Å²) in [4.78, 5) is 4.55. The van der Waals surface area contributed by atoms with E-state index in [2.05, 4.69) is 47.9 Å². The Hall–Kier alpha value is -2.54. The summed E-state index contributed by atoms with van der Waals surface area (Å²) in [7, 11) is 0. The van der Waals surface area contributed by atoms with Gasteiger partial charge < -0.3 is 10.1 Å². The van der Waals surface area contributed by atoms with Crippen molar-refractivity contribution in [3.05, 3.63) is 59.5 Å². The van der Waals surface area contributed by atoms with Gasteiger partial charge in [0.25, 0.3) is 0 Å². The highest BCUT2D eigenvalue weighted by Gasteiger charge is 2.30. The molecule has 0 bridgehead atoms. The third kappa shape index (κ3) is 5.23. The minimum absolute atomic E-state index is 0.0926. The summed E-state index contributed by atoms with van der Waals surface area (Å²) in [5.41, 5.74) is 3.84. The zero-order chi connectivity index (χ0) is 19.7. The maximum Gasteiger partial charge on any atom is 0.573 e. The molecule has 27 heavy (non-hydrogen) atoms. The first kappa shape index (κ1) is 19.2. The van der Waals surface area contributed by atoms with Crippen LogP contribution in [0.5, 0.6) is 5.75 Å². The maximum atomic E-state index is 12.2. The molecule has 142 valence electrons. The summed E-state index contributed by atoms with van der Waals surface area (Å²) >= 11 is 1.43. The van der Waals surface area contributed by atoms with Crippen molar-refractivity contribution in [2.75, 3.05) is 5.32 Å². The van der Waals surface area contributed by atoms with Crippen LogP contribution in [0.3, 0.4) is 0 Å². The lowest BCUT2D eigenvalue weighted by molar-refractivity contribution is -0.274. The van der Waals surface area contributed by atoms with Gasteiger partial charge in [-0.2, -0.15) is 0 Å². The third-order valence-corrected chi connectivity index (χ3v) is 4.65. The van der Waals surface area contributed by atoms with E-state index in [-0.39, 0.29) is 11.2 Å². The van der Waals surface area contributed by atoms with Crippen molar-refractivity contribution >= 4 is 22.2 Å². The van der Waals surface area contributed by atoms with Crippen LogP contribution < -0.4 is 10.1 Å². The predicted octanol–water partition coefficient (Wildman–Crippen LogP) is 6.75. The van der Waals surface area contributed by atoms with Crippen molar-refractivity contribution < 1.29 is 17.9 Å². The molecule has 2 aromatic carbocycles. The number of hydrogen-bond acceptors (Lipinski definition) is 4. The van der Waals surface area contributed by atoms with Crippen LogP contribution in [-0.2, 0) is 5.41 Å². The molecule has 1 heterocycles. The number of aromatic nitrogens is 1. The Balaban J connectivity index is 1.69. The Morgan fingerprint density at radius 3 is 2.11 bits per heavy atom. The molecule has 0 spiro atoms. The molecule has 0 aliphatic carbocycles. The highest BCUT2D eigenvalue weighted by molar-refractivity contribution is 7.14. The van der Waals surface area contributed by atoms with E-state index in [4.69, 9.17) is 0 Å². The Bertz CT molecular complexity index is 895. The number of benzene rings is 2. The smallest absolute Gasteiger partial charge is 0.406 e. The van der Waals surface area contributed by atoms with Gasteiger partial charge in [-0.25, -0.2) is 4.98 Å². The minimum atomic E-state index is -4.69. The van der Waals surface area contributed by atoms with Gasteiger partial charge in [-0.05, 0) is 35.2 Å². The van der Waals surface area contributed by atoms with Crippen LogP contribution in [0.2, 0.25) is 0 Å². The lowest BCUT2D eigenvalue weighted by Crippen LogP contribution is -2.16. The highest BCUT2D eigenvalue weighted by atomic mass is 32.1. The fourth-order valence-corrected chi connectivity index (χ4v) is 3.21. The number of hydrogen-bond donors (Lipinski definition) is 1. The Labute approximate surface area is 159 Å². The third-order valence-electron chi connectivity index (χ3n) is 3.89. The number of alkyl halides is 3. The van der Waals surface area contributed by atoms with Gasteiger partial charge in [-0.15, -0.1) is 24.5 Å². The molecule has 3 aromatic rings. The molecule has 7 heteroatoms. The first-order valence-corrected chi connectivity index (χ1v) is 9.17.